The maximum atomic E-state index is 5.90. The van der Waals surface area contributed by atoms with Crippen LogP contribution >= 0.6 is 0 Å². The number of hydrogen-bond acceptors (Lipinski definition) is 1. The van der Waals surface area contributed by atoms with Crippen molar-refractivity contribution in [3.05, 3.63) is 42.5 Å². The number of aromatic nitrogens is 2. The van der Waals surface area contributed by atoms with Crippen LogP contribution in [-0.4, -0.2) is 4.57 Å². The van der Waals surface area contributed by atoms with Crippen molar-refractivity contribution >= 4 is 5.69 Å². The van der Waals surface area contributed by atoms with E-state index in [9.17, 15) is 0 Å². The van der Waals surface area contributed by atoms with Crippen molar-refractivity contribution < 1.29 is 4.57 Å². The molecule has 0 aliphatic carbocycles. The minimum Gasteiger partial charge on any atom is -0.395 e. The first kappa shape index (κ1) is 8.81. The van der Waals surface area contributed by atoms with E-state index in [0.717, 1.165) is 11.4 Å². The molecule has 3 nitrogen and oxygen atoms in total. The van der Waals surface area contributed by atoms with Crippen LogP contribution < -0.4 is 10.3 Å². The van der Waals surface area contributed by atoms with E-state index in [1.54, 1.807) is 0 Å². The minimum atomic E-state index is 0.798. The minimum absolute atomic E-state index is 0.798. The predicted molar refractivity (Wildman–Crippen MR) is 56.1 cm³/mol. The Bertz CT molecular complexity index is 457. The van der Waals surface area contributed by atoms with E-state index in [2.05, 4.69) is 13.0 Å². The van der Waals surface area contributed by atoms with Crippen molar-refractivity contribution in [2.45, 2.75) is 6.92 Å². The Morgan fingerprint density at radius 3 is 2.79 bits per heavy atom. The van der Waals surface area contributed by atoms with Crippen LogP contribution in [0, 0.1) is 6.92 Å². The summed E-state index contributed by atoms with van der Waals surface area (Å²) in [7, 11) is 1.99. The second-order valence-corrected chi connectivity index (χ2v) is 3.55. The third kappa shape index (κ3) is 1.48. The summed E-state index contributed by atoms with van der Waals surface area (Å²) in [4.78, 5) is 0. The second kappa shape index (κ2) is 3.18. The molecule has 0 aliphatic rings. The van der Waals surface area contributed by atoms with E-state index in [0.29, 0.717) is 0 Å². The van der Waals surface area contributed by atoms with Gasteiger partial charge in [-0.2, -0.15) is 0 Å². The van der Waals surface area contributed by atoms with Crippen molar-refractivity contribution in [2.24, 2.45) is 7.05 Å². The molecule has 1 heterocycles. The van der Waals surface area contributed by atoms with E-state index in [4.69, 9.17) is 5.73 Å². The molecule has 0 fully saturated rings. The summed E-state index contributed by atoms with van der Waals surface area (Å²) < 4.78 is 4.00. The molecule has 0 saturated heterocycles. The van der Waals surface area contributed by atoms with Gasteiger partial charge in [0.25, 0.3) is 0 Å². The molecule has 2 aromatic rings. The number of benzene rings is 1. The zero-order valence-electron chi connectivity index (χ0n) is 8.44. The maximum Gasteiger partial charge on any atom is 0.248 e. The highest BCUT2D eigenvalue weighted by molar-refractivity contribution is 5.58. The molecule has 2 N–H and O–H groups in total. The molecule has 1 aromatic carbocycles. The molecule has 1 aromatic heterocycles. The van der Waals surface area contributed by atoms with Crippen LogP contribution in [0.5, 0.6) is 0 Å². The normalized spacial score (nSPS) is 10.4. The van der Waals surface area contributed by atoms with Gasteiger partial charge in [-0.05, 0) is 24.6 Å². The quantitative estimate of drug-likeness (QED) is 0.529. The summed E-state index contributed by atoms with van der Waals surface area (Å²) in [5.74, 6) is 0. The fourth-order valence-corrected chi connectivity index (χ4v) is 1.47. The molecule has 0 saturated carbocycles. The fraction of sp³-hybridized carbons (Fsp3) is 0.182. The first-order valence-electron chi connectivity index (χ1n) is 4.56. The van der Waals surface area contributed by atoms with Gasteiger partial charge < -0.3 is 5.73 Å². The van der Waals surface area contributed by atoms with Crippen molar-refractivity contribution in [2.75, 3.05) is 5.73 Å². The van der Waals surface area contributed by atoms with Crippen LogP contribution in [0.2, 0.25) is 0 Å². The van der Waals surface area contributed by atoms with Crippen LogP contribution in [0.4, 0.5) is 5.69 Å². The van der Waals surface area contributed by atoms with Gasteiger partial charge in [-0.15, -0.1) is 0 Å². The highest BCUT2D eigenvalue weighted by Crippen LogP contribution is 2.17. The second-order valence-electron chi connectivity index (χ2n) is 3.55. The molecule has 0 bridgehead atoms. The van der Waals surface area contributed by atoms with E-state index < -0.39 is 0 Å². The van der Waals surface area contributed by atoms with Crippen molar-refractivity contribution in [1.29, 1.82) is 0 Å². The van der Waals surface area contributed by atoms with Crippen LogP contribution in [0.1, 0.15) is 5.56 Å². The lowest BCUT2D eigenvalue weighted by molar-refractivity contribution is -0.670. The average Bonchev–Trinajstić information content (AvgIpc) is 2.56. The Hall–Kier alpha value is -1.77. The number of nitrogens with two attached hydrogens (primary N) is 1. The Balaban J connectivity index is 2.55. The molecule has 72 valence electrons. The lowest BCUT2D eigenvalue weighted by Crippen LogP contribution is -2.23. The molecule has 3 heteroatoms. The average molecular weight is 188 g/mol. The highest BCUT2D eigenvalue weighted by Gasteiger charge is 2.07. The van der Waals surface area contributed by atoms with Gasteiger partial charge in [-0.1, -0.05) is 6.07 Å². The third-order valence-electron chi connectivity index (χ3n) is 2.23. The fourth-order valence-electron chi connectivity index (χ4n) is 1.47. The van der Waals surface area contributed by atoms with Gasteiger partial charge in [0.2, 0.25) is 6.33 Å². The molecule has 14 heavy (non-hydrogen) atoms. The van der Waals surface area contributed by atoms with Crippen molar-refractivity contribution in [3.63, 3.8) is 0 Å². The van der Waals surface area contributed by atoms with Gasteiger partial charge in [0.15, 0.2) is 5.69 Å². The van der Waals surface area contributed by atoms with Gasteiger partial charge in [0.1, 0.15) is 12.4 Å². The molecular formula is C11H14N3+. The van der Waals surface area contributed by atoms with Gasteiger partial charge >= 0.3 is 0 Å². The molecule has 0 atom stereocenters. The van der Waals surface area contributed by atoms with E-state index in [-0.39, 0.29) is 0 Å². The number of rotatable bonds is 1. The monoisotopic (exact) mass is 188 g/mol. The highest BCUT2D eigenvalue weighted by atomic mass is 15.1. The SMILES string of the molecule is Cc1ccc(N)c(-n2cc[n+](C)c2)c1. The van der Waals surface area contributed by atoms with Crippen LogP contribution in [0.3, 0.4) is 0 Å². The van der Waals surface area contributed by atoms with Gasteiger partial charge in [-0.25, -0.2) is 9.13 Å². The summed E-state index contributed by atoms with van der Waals surface area (Å²) in [6, 6.07) is 6.03. The van der Waals surface area contributed by atoms with Crippen LogP contribution in [0.25, 0.3) is 5.69 Å². The number of nitrogens with zero attached hydrogens (tertiary/aromatic N) is 2. The van der Waals surface area contributed by atoms with Crippen LogP contribution in [0.15, 0.2) is 36.9 Å². The Kier molecular flexibility index (Phi) is 2.00. The first-order chi connectivity index (χ1) is 6.66. The largest absolute Gasteiger partial charge is 0.395 e. The summed E-state index contributed by atoms with van der Waals surface area (Å²) in [6.45, 7) is 2.06. The number of imidazole rings is 1. The first-order valence-corrected chi connectivity index (χ1v) is 4.56. The number of aryl methyl sites for hydroxylation is 2. The smallest absolute Gasteiger partial charge is 0.248 e. The molecule has 0 amide bonds. The Morgan fingerprint density at radius 1 is 1.36 bits per heavy atom. The lowest BCUT2D eigenvalue weighted by Gasteiger charge is -2.01. The molecule has 0 unspecified atom stereocenters. The Morgan fingerprint density at radius 2 is 2.14 bits per heavy atom. The molecular weight excluding hydrogens is 174 g/mol. The molecule has 2 rings (SSSR count). The van der Waals surface area contributed by atoms with E-state index in [1.807, 2.05) is 47.0 Å². The number of anilines is 1. The van der Waals surface area contributed by atoms with Gasteiger partial charge in [-0.3, -0.25) is 0 Å². The number of nitrogen functional groups attached to an aromatic ring is 1. The van der Waals surface area contributed by atoms with Crippen molar-refractivity contribution in [3.8, 4) is 5.69 Å². The standard InChI is InChI=1S/C11H14N3/c1-9-3-4-10(12)11(7-9)14-6-5-13(2)8-14/h3-8H,12H2,1-2H3/q+1. The van der Waals surface area contributed by atoms with Gasteiger partial charge in [0, 0.05) is 0 Å². The Labute approximate surface area is 83.4 Å². The van der Waals surface area contributed by atoms with Crippen LogP contribution in [-0.2, 0) is 7.05 Å². The molecule has 0 radical (unpaired) electrons. The molecule has 0 spiro atoms. The topological polar surface area (TPSA) is 34.8 Å². The summed E-state index contributed by atoms with van der Waals surface area (Å²) in [5.41, 5.74) is 8.95. The van der Waals surface area contributed by atoms with E-state index >= 15 is 0 Å². The maximum absolute atomic E-state index is 5.90. The zero-order chi connectivity index (χ0) is 10.1. The van der Waals surface area contributed by atoms with Crippen molar-refractivity contribution in [1.82, 2.24) is 4.57 Å². The third-order valence-corrected chi connectivity index (χ3v) is 2.23. The number of hydrogen-bond donors (Lipinski definition) is 1. The summed E-state index contributed by atoms with van der Waals surface area (Å²) >= 11 is 0. The lowest BCUT2D eigenvalue weighted by atomic mass is 10.2. The van der Waals surface area contributed by atoms with E-state index in [1.165, 1.54) is 5.56 Å². The molecule has 0 aliphatic heterocycles. The predicted octanol–water partition coefficient (Wildman–Crippen LogP) is 1.19. The zero-order valence-corrected chi connectivity index (χ0v) is 8.44. The summed E-state index contributed by atoms with van der Waals surface area (Å²) in [5, 5.41) is 0. The summed E-state index contributed by atoms with van der Waals surface area (Å²) in [6.07, 6.45) is 5.97. The van der Waals surface area contributed by atoms with Gasteiger partial charge in [0.05, 0.1) is 12.7 Å².